The molecule has 1 heterocycles. The molecule has 0 aromatic heterocycles. The predicted octanol–water partition coefficient (Wildman–Crippen LogP) is 1.86. The molecule has 0 bridgehead atoms. The Hall–Kier alpha value is -0.120. The summed E-state index contributed by atoms with van der Waals surface area (Å²) >= 11 is 0. The molecule has 1 fully saturated rings. The zero-order valence-electron chi connectivity index (χ0n) is 11.8. The van der Waals surface area contributed by atoms with Gasteiger partial charge in [0.05, 0.1) is 6.10 Å². The maximum absolute atomic E-state index is 9.95. The fourth-order valence-electron chi connectivity index (χ4n) is 2.52. The Bertz CT molecular complexity index is 193. The monoisotopic (exact) mass is 242 g/mol. The molecule has 0 saturated carbocycles. The van der Waals surface area contributed by atoms with E-state index in [0.717, 1.165) is 19.0 Å². The molecule has 3 nitrogen and oxygen atoms in total. The standard InChI is InChI=1S/C14H30N2O/c1-4-12(2)9-13(3)15-10-14(17)11-16-7-5-6-8-16/h12-15,17H,4-11H2,1-3H3. The molecule has 102 valence electrons. The number of nitrogens with zero attached hydrogens (tertiary/aromatic N) is 1. The summed E-state index contributed by atoms with van der Waals surface area (Å²) in [4.78, 5) is 2.37. The zero-order valence-corrected chi connectivity index (χ0v) is 11.8. The third kappa shape index (κ3) is 6.39. The summed E-state index contributed by atoms with van der Waals surface area (Å²) in [7, 11) is 0. The van der Waals surface area contributed by atoms with Crippen LogP contribution in [0.1, 0.15) is 46.5 Å². The summed E-state index contributed by atoms with van der Waals surface area (Å²) in [5.41, 5.74) is 0. The van der Waals surface area contributed by atoms with Crippen LogP contribution in [0.3, 0.4) is 0 Å². The molecule has 0 aliphatic carbocycles. The number of rotatable bonds is 8. The van der Waals surface area contributed by atoms with Crippen LogP contribution in [0.4, 0.5) is 0 Å². The van der Waals surface area contributed by atoms with Gasteiger partial charge in [-0.1, -0.05) is 20.3 Å². The van der Waals surface area contributed by atoms with E-state index in [2.05, 4.69) is 31.0 Å². The highest BCUT2D eigenvalue weighted by atomic mass is 16.3. The lowest BCUT2D eigenvalue weighted by Gasteiger charge is -2.22. The van der Waals surface area contributed by atoms with E-state index >= 15 is 0 Å². The first kappa shape index (κ1) is 14.9. The summed E-state index contributed by atoms with van der Waals surface area (Å²) in [6, 6.07) is 0.512. The number of aliphatic hydroxyl groups is 1. The summed E-state index contributed by atoms with van der Waals surface area (Å²) in [5, 5.41) is 13.4. The minimum Gasteiger partial charge on any atom is -0.390 e. The second-order valence-corrected chi connectivity index (χ2v) is 5.72. The molecular weight excluding hydrogens is 212 g/mol. The first-order valence-corrected chi connectivity index (χ1v) is 7.25. The van der Waals surface area contributed by atoms with Gasteiger partial charge in [-0.2, -0.15) is 0 Å². The van der Waals surface area contributed by atoms with E-state index < -0.39 is 0 Å². The Labute approximate surface area is 107 Å². The fraction of sp³-hybridized carbons (Fsp3) is 1.00. The number of nitrogens with one attached hydrogen (secondary N) is 1. The zero-order chi connectivity index (χ0) is 12.7. The van der Waals surface area contributed by atoms with Crippen molar-refractivity contribution < 1.29 is 5.11 Å². The van der Waals surface area contributed by atoms with Crippen LogP contribution in [-0.4, -0.2) is 48.3 Å². The second-order valence-electron chi connectivity index (χ2n) is 5.72. The predicted molar refractivity (Wildman–Crippen MR) is 73.2 cm³/mol. The molecule has 3 heteroatoms. The number of aliphatic hydroxyl groups excluding tert-OH is 1. The van der Waals surface area contributed by atoms with Crippen LogP contribution < -0.4 is 5.32 Å². The van der Waals surface area contributed by atoms with Crippen molar-refractivity contribution in [2.24, 2.45) is 5.92 Å². The lowest BCUT2D eigenvalue weighted by atomic mass is 10.0. The highest BCUT2D eigenvalue weighted by Gasteiger charge is 2.16. The molecule has 3 atom stereocenters. The number of β-amino-alcohol motifs (C(OH)–C–C–N with tert-alkyl or cyclic N) is 1. The normalized spacial score (nSPS) is 22.6. The van der Waals surface area contributed by atoms with Crippen molar-refractivity contribution >= 4 is 0 Å². The smallest absolute Gasteiger partial charge is 0.0791 e. The average molecular weight is 242 g/mol. The summed E-state index contributed by atoms with van der Waals surface area (Å²) in [5.74, 6) is 0.772. The lowest BCUT2D eigenvalue weighted by molar-refractivity contribution is 0.120. The maximum atomic E-state index is 9.95. The summed E-state index contributed by atoms with van der Waals surface area (Å²) in [6.45, 7) is 10.6. The van der Waals surface area contributed by atoms with Crippen molar-refractivity contribution in [2.45, 2.75) is 58.6 Å². The van der Waals surface area contributed by atoms with E-state index in [-0.39, 0.29) is 6.10 Å². The van der Waals surface area contributed by atoms with Crippen LogP contribution in [0.2, 0.25) is 0 Å². The van der Waals surface area contributed by atoms with Crippen LogP contribution in [0, 0.1) is 5.92 Å². The van der Waals surface area contributed by atoms with Gasteiger partial charge >= 0.3 is 0 Å². The van der Waals surface area contributed by atoms with Gasteiger partial charge in [-0.05, 0) is 45.2 Å². The van der Waals surface area contributed by atoms with Crippen molar-refractivity contribution in [3.05, 3.63) is 0 Å². The van der Waals surface area contributed by atoms with Gasteiger partial charge in [0.2, 0.25) is 0 Å². The minimum absolute atomic E-state index is 0.215. The molecule has 1 aliphatic heterocycles. The van der Waals surface area contributed by atoms with Gasteiger partial charge in [-0.15, -0.1) is 0 Å². The Morgan fingerprint density at radius 1 is 1.24 bits per heavy atom. The highest BCUT2D eigenvalue weighted by molar-refractivity contribution is 4.73. The van der Waals surface area contributed by atoms with Crippen LogP contribution in [-0.2, 0) is 0 Å². The molecule has 0 spiro atoms. The van der Waals surface area contributed by atoms with E-state index in [1.807, 2.05) is 0 Å². The van der Waals surface area contributed by atoms with Crippen LogP contribution in [0.25, 0.3) is 0 Å². The Morgan fingerprint density at radius 3 is 2.47 bits per heavy atom. The fourth-order valence-corrected chi connectivity index (χ4v) is 2.52. The average Bonchev–Trinajstić information content (AvgIpc) is 2.79. The molecule has 1 saturated heterocycles. The molecule has 0 aromatic rings. The van der Waals surface area contributed by atoms with Gasteiger partial charge in [0, 0.05) is 19.1 Å². The van der Waals surface area contributed by atoms with E-state index in [4.69, 9.17) is 0 Å². The molecular formula is C14H30N2O. The Morgan fingerprint density at radius 2 is 1.88 bits per heavy atom. The van der Waals surface area contributed by atoms with Gasteiger partial charge in [0.1, 0.15) is 0 Å². The largest absolute Gasteiger partial charge is 0.390 e. The van der Waals surface area contributed by atoms with Crippen molar-refractivity contribution in [1.29, 1.82) is 0 Å². The first-order valence-electron chi connectivity index (χ1n) is 7.25. The molecule has 1 rings (SSSR count). The molecule has 3 unspecified atom stereocenters. The molecule has 0 radical (unpaired) electrons. The van der Waals surface area contributed by atoms with Crippen molar-refractivity contribution in [1.82, 2.24) is 10.2 Å². The second kappa shape index (κ2) is 8.06. The van der Waals surface area contributed by atoms with E-state index in [1.165, 1.54) is 38.8 Å². The van der Waals surface area contributed by atoms with E-state index in [0.29, 0.717) is 6.04 Å². The van der Waals surface area contributed by atoms with Crippen LogP contribution in [0.5, 0.6) is 0 Å². The van der Waals surface area contributed by atoms with Crippen molar-refractivity contribution in [2.75, 3.05) is 26.2 Å². The van der Waals surface area contributed by atoms with E-state index in [1.54, 1.807) is 0 Å². The third-order valence-electron chi connectivity index (χ3n) is 3.82. The van der Waals surface area contributed by atoms with Crippen molar-refractivity contribution in [3.63, 3.8) is 0 Å². The number of hydrogen-bond acceptors (Lipinski definition) is 3. The van der Waals surface area contributed by atoms with Crippen LogP contribution in [0.15, 0.2) is 0 Å². The molecule has 17 heavy (non-hydrogen) atoms. The molecule has 2 N–H and O–H groups in total. The maximum Gasteiger partial charge on any atom is 0.0791 e. The molecule has 1 aliphatic rings. The highest BCUT2D eigenvalue weighted by Crippen LogP contribution is 2.10. The van der Waals surface area contributed by atoms with Gasteiger partial charge in [-0.3, -0.25) is 0 Å². The van der Waals surface area contributed by atoms with Crippen molar-refractivity contribution in [3.8, 4) is 0 Å². The molecule has 0 aromatic carbocycles. The summed E-state index contributed by atoms with van der Waals surface area (Å²) in [6.07, 6.45) is 4.82. The van der Waals surface area contributed by atoms with Gasteiger partial charge in [0.15, 0.2) is 0 Å². The van der Waals surface area contributed by atoms with Gasteiger partial charge in [-0.25, -0.2) is 0 Å². The van der Waals surface area contributed by atoms with Gasteiger partial charge < -0.3 is 15.3 Å². The van der Waals surface area contributed by atoms with Gasteiger partial charge in [0.25, 0.3) is 0 Å². The van der Waals surface area contributed by atoms with Crippen LogP contribution >= 0.6 is 0 Å². The Kier molecular flexibility index (Phi) is 7.09. The SMILES string of the molecule is CCC(C)CC(C)NCC(O)CN1CCCC1. The minimum atomic E-state index is -0.215. The lowest BCUT2D eigenvalue weighted by Crippen LogP contribution is -2.40. The number of likely N-dealkylation sites (tertiary alicyclic amines) is 1. The summed E-state index contributed by atoms with van der Waals surface area (Å²) < 4.78 is 0. The quantitative estimate of drug-likeness (QED) is 0.682. The third-order valence-corrected chi connectivity index (χ3v) is 3.82. The first-order chi connectivity index (χ1) is 8.11. The topological polar surface area (TPSA) is 35.5 Å². The number of hydrogen-bond donors (Lipinski definition) is 2. The van der Waals surface area contributed by atoms with E-state index in [9.17, 15) is 5.11 Å². The molecule has 0 amide bonds. The Balaban J connectivity index is 2.07.